The zero-order valence-corrected chi connectivity index (χ0v) is 13.4. The maximum absolute atomic E-state index is 12.3. The van der Waals surface area contributed by atoms with Crippen molar-refractivity contribution in [3.63, 3.8) is 0 Å². The quantitative estimate of drug-likeness (QED) is 0.898. The van der Waals surface area contributed by atoms with Crippen LogP contribution in [-0.2, 0) is 17.8 Å². The first kappa shape index (κ1) is 15.8. The Hall–Kier alpha value is -0.580. The van der Waals surface area contributed by atoms with E-state index >= 15 is 0 Å². The molecule has 0 radical (unpaired) electrons. The minimum Gasteiger partial charge on any atom is -0.351 e. The van der Waals surface area contributed by atoms with Gasteiger partial charge in [0.25, 0.3) is 0 Å². The van der Waals surface area contributed by atoms with Crippen LogP contribution >= 0.6 is 23.7 Å². The first-order valence-corrected chi connectivity index (χ1v) is 8.11. The Bertz CT molecular complexity index is 474. The lowest BCUT2D eigenvalue weighted by Crippen LogP contribution is -2.45. The van der Waals surface area contributed by atoms with Gasteiger partial charge >= 0.3 is 0 Å². The van der Waals surface area contributed by atoms with Gasteiger partial charge in [-0.15, -0.1) is 23.7 Å². The molecule has 2 aliphatic rings. The fourth-order valence-electron chi connectivity index (χ4n) is 3.72. The molecule has 3 N–H and O–H groups in total. The number of hydrogen-bond acceptors (Lipinski definition) is 3. The first-order chi connectivity index (χ1) is 9.19. The summed E-state index contributed by atoms with van der Waals surface area (Å²) < 4.78 is 0. The summed E-state index contributed by atoms with van der Waals surface area (Å²) in [4.78, 5) is 14.9. The Labute approximate surface area is 130 Å². The topological polar surface area (TPSA) is 55.1 Å². The standard InChI is InChI=1S/C15H22N2OS.ClH/c1-2-11-5-6-12(19-11)8-17-15(18)13-9-3-4-10(7-9)14(13)16;/h5-6,9-10,13-14H,2-4,7-8,16H2,1H3,(H,17,18);1H. The van der Waals surface area contributed by atoms with Crippen LogP contribution in [-0.4, -0.2) is 11.9 Å². The maximum Gasteiger partial charge on any atom is 0.225 e. The van der Waals surface area contributed by atoms with Crippen molar-refractivity contribution < 1.29 is 4.79 Å². The minimum atomic E-state index is 0. The van der Waals surface area contributed by atoms with Crippen LogP contribution < -0.4 is 11.1 Å². The van der Waals surface area contributed by atoms with E-state index < -0.39 is 0 Å². The van der Waals surface area contributed by atoms with Crippen molar-refractivity contribution >= 4 is 29.7 Å². The zero-order valence-electron chi connectivity index (χ0n) is 11.8. The number of rotatable bonds is 4. The molecule has 1 aromatic heterocycles. The summed E-state index contributed by atoms with van der Waals surface area (Å²) in [7, 11) is 0. The Morgan fingerprint density at radius 2 is 2.05 bits per heavy atom. The second kappa shape index (κ2) is 6.46. The summed E-state index contributed by atoms with van der Waals surface area (Å²) in [6, 6.07) is 4.35. The third kappa shape index (κ3) is 2.87. The van der Waals surface area contributed by atoms with E-state index in [0.717, 1.165) is 12.8 Å². The van der Waals surface area contributed by atoms with Gasteiger partial charge in [0.05, 0.1) is 12.5 Å². The smallest absolute Gasteiger partial charge is 0.225 e. The molecule has 0 aliphatic heterocycles. The largest absolute Gasteiger partial charge is 0.351 e. The molecule has 0 saturated heterocycles. The Balaban J connectivity index is 0.00000147. The van der Waals surface area contributed by atoms with E-state index in [2.05, 4.69) is 24.4 Å². The van der Waals surface area contributed by atoms with Gasteiger partial charge in [-0.05, 0) is 49.7 Å². The Morgan fingerprint density at radius 1 is 1.35 bits per heavy atom. The van der Waals surface area contributed by atoms with Gasteiger partial charge in [-0.25, -0.2) is 0 Å². The van der Waals surface area contributed by atoms with Gasteiger partial charge in [0, 0.05) is 15.8 Å². The summed E-state index contributed by atoms with van der Waals surface area (Å²) in [5.74, 6) is 1.36. The van der Waals surface area contributed by atoms with E-state index in [1.807, 2.05) is 0 Å². The van der Waals surface area contributed by atoms with E-state index in [1.54, 1.807) is 11.3 Å². The molecule has 3 rings (SSSR count). The third-order valence-corrected chi connectivity index (χ3v) is 6.02. The highest BCUT2D eigenvalue weighted by molar-refractivity contribution is 7.11. The number of aryl methyl sites for hydroxylation is 1. The SMILES string of the molecule is CCc1ccc(CNC(=O)C2C3CCC(C3)C2N)s1.Cl. The van der Waals surface area contributed by atoms with Crippen LogP contribution in [0.2, 0.25) is 0 Å². The highest BCUT2D eigenvalue weighted by atomic mass is 35.5. The predicted octanol–water partition coefficient (Wildman–Crippen LogP) is 2.72. The van der Waals surface area contributed by atoms with E-state index in [1.165, 1.54) is 22.6 Å². The lowest BCUT2D eigenvalue weighted by Gasteiger charge is -2.26. The van der Waals surface area contributed by atoms with E-state index in [0.29, 0.717) is 18.4 Å². The molecule has 2 fully saturated rings. The number of hydrogen-bond donors (Lipinski definition) is 2. The number of carbonyl (C=O) groups is 1. The summed E-state index contributed by atoms with van der Waals surface area (Å²) in [5.41, 5.74) is 6.20. The molecule has 4 unspecified atom stereocenters. The molecule has 2 bridgehead atoms. The molecule has 1 amide bonds. The number of amides is 1. The number of halogens is 1. The average Bonchev–Trinajstić information content (AvgIpc) is 3.11. The van der Waals surface area contributed by atoms with Gasteiger partial charge in [0.15, 0.2) is 0 Å². The van der Waals surface area contributed by atoms with E-state index in [9.17, 15) is 4.79 Å². The van der Waals surface area contributed by atoms with Crippen molar-refractivity contribution in [2.45, 2.75) is 45.2 Å². The van der Waals surface area contributed by atoms with Crippen molar-refractivity contribution in [3.8, 4) is 0 Å². The summed E-state index contributed by atoms with van der Waals surface area (Å²) >= 11 is 1.79. The highest BCUT2D eigenvalue weighted by Gasteiger charge is 2.48. The van der Waals surface area contributed by atoms with Crippen LogP contribution in [0, 0.1) is 17.8 Å². The lowest BCUT2D eigenvalue weighted by molar-refractivity contribution is -0.127. The van der Waals surface area contributed by atoms with Crippen molar-refractivity contribution in [1.82, 2.24) is 5.32 Å². The van der Waals surface area contributed by atoms with Gasteiger partial charge in [-0.3, -0.25) is 4.79 Å². The fraction of sp³-hybridized carbons (Fsp3) is 0.667. The molecule has 0 spiro atoms. The van der Waals surface area contributed by atoms with Gasteiger partial charge in [0.1, 0.15) is 0 Å². The second-order valence-electron chi connectivity index (χ2n) is 5.88. The zero-order chi connectivity index (χ0) is 13.4. The molecule has 2 saturated carbocycles. The van der Waals surface area contributed by atoms with Crippen LogP contribution in [0.1, 0.15) is 35.9 Å². The molecule has 5 heteroatoms. The van der Waals surface area contributed by atoms with Gasteiger partial charge in [-0.1, -0.05) is 6.92 Å². The van der Waals surface area contributed by atoms with Crippen molar-refractivity contribution in [2.75, 3.05) is 0 Å². The number of nitrogens with two attached hydrogens (primary N) is 1. The molecule has 0 aromatic carbocycles. The molecule has 20 heavy (non-hydrogen) atoms. The maximum atomic E-state index is 12.3. The van der Waals surface area contributed by atoms with Crippen LogP contribution in [0.5, 0.6) is 0 Å². The lowest BCUT2D eigenvalue weighted by atomic mass is 9.84. The predicted molar refractivity (Wildman–Crippen MR) is 85.1 cm³/mol. The van der Waals surface area contributed by atoms with Crippen LogP contribution in [0.4, 0.5) is 0 Å². The van der Waals surface area contributed by atoms with Gasteiger partial charge in [-0.2, -0.15) is 0 Å². The molecular weight excluding hydrogens is 292 g/mol. The molecule has 1 heterocycles. The molecule has 4 atom stereocenters. The normalized spacial score (nSPS) is 31.1. The van der Waals surface area contributed by atoms with Gasteiger partial charge in [0.2, 0.25) is 5.91 Å². The Kier molecular flexibility index (Phi) is 5.10. The van der Waals surface area contributed by atoms with Crippen LogP contribution in [0.15, 0.2) is 12.1 Å². The molecule has 112 valence electrons. The van der Waals surface area contributed by atoms with Crippen molar-refractivity contribution in [3.05, 3.63) is 21.9 Å². The van der Waals surface area contributed by atoms with Crippen molar-refractivity contribution in [2.24, 2.45) is 23.5 Å². The first-order valence-electron chi connectivity index (χ1n) is 7.30. The van der Waals surface area contributed by atoms with E-state index in [-0.39, 0.29) is 30.3 Å². The molecule has 1 aromatic rings. The molecule has 3 nitrogen and oxygen atoms in total. The minimum absolute atomic E-state index is 0. The number of thiophene rings is 1. The van der Waals surface area contributed by atoms with E-state index in [4.69, 9.17) is 5.73 Å². The second-order valence-corrected chi connectivity index (χ2v) is 7.13. The number of nitrogens with one attached hydrogen (secondary N) is 1. The van der Waals surface area contributed by atoms with Gasteiger partial charge < -0.3 is 11.1 Å². The number of carbonyl (C=O) groups excluding carboxylic acids is 1. The summed E-state index contributed by atoms with van der Waals surface area (Å²) in [5, 5.41) is 3.09. The van der Waals surface area contributed by atoms with Crippen LogP contribution in [0.25, 0.3) is 0 Å². The third-order valence-electron chi connectivity index (χ3n) is 4.79. The monoisotopic (exact) mass is 314 g/mol. The average molecular weight is 315 g/mol. The Morgan fingerprint density at radius 3 is 2.65 bits per heavy atom. The number of fused-ring (bicyclic) bond motifs is 2. The van der Waals surface area contributed by atoms with Crippen molar-refractivity contribution in [1.29, 1.82) is 0 Å². The fourth-order valence-corrected chi connectivity index (χ4v) is 4.62. The highest BCUT2D eigenvalue weighted by Crippen LogP contribution is 2.47. The van der Waals surface area contributed by atoms with Crippen LogP contribution in [0.3, 0.4) is 0 Å². The molecular formula is C15H23ClN2OS. The summed E-state index contributed by atoms with van der Waals surface area (Å²) in [6.07, 6.45) is 4.64. The summed E-state index contributed by atoms with van der Waals surface area (Å²) in [6.45, 7) is 2.81. The molecule has 2 aliphatic carbocycles.